The minimum Gasteiger partial charge on any atom is -0.548 e. The van der Waals surface area contributed by atoms with E-state index in [0.29, 0.717) is 30.3 Å². The van der Waals surface area contributed by atoms with Crippen molar-refractivity contribution in [3.63, 3.8) is 0 Å². The average molecular weight is 499 g/mol. The van der Waals surface area contributed by atoms with Crippen LogP contribution >= 0.6 is 0 Å². The van der Waals surface area contributed by atoms with E-state index in [0.717, 1.165) is 0 Å². The molecule has 1 unspecified atom stereocenters. The number of likely N-dealkylation sites (N-methyl/N-ethyl adjacent to an activating group) is 1. The van der Waals surface area contributed by atoms with Gasteiger partial charge in [-0.05, 0) is 30.7 Å². The van der Waals surface area contributed by atoms with Gasteiger partial charge >= 0.3 is 43.7 Å². The largest absolute Gasteiger partial charge is 2.00 e. The number of aliphatic carboxylic acids is 2. The van der Waals surface area contributed by atoms with Crippen LogP contribution in [-0.2, 0) is 9.59 Å². The molecule has 0 spiro atoms. The third kappa shape index (κ3) is 6.74. The molecule has 0 aliphatic carbocycles. The monoisotopic (exact) mass is 498 g/mol. The molecule has 0 bridgehead atoms. The molecule has 0 saturated carbocycles. The van der Waals surface area contributed by atoms with Crippen molar-refractivity contribution in [1.29, 1.82) is 0 Å². The maximum Gasteiger partial charge on any atom is 2.00 e. The first-order chi connectivity index (χ1) is 15.7. The Morgan fingerprint density at radius 1 is 1.32 bits per heavy atom. The molecule has 1 aliphatic rings. The van der Waals surface area contributed by atoms with Crippen LogP contribution in [0, 0.1) is 0 Å². The standard InChI is InChI=1S/C20H25N7O6.Ca/c1-27-12(9-23-16-15(27)18(31)26-20(21)25-16)8-22-11-4-2-10(3-5-11)17(30)24-13(19(32)33)6-7-14(28)29;/h2-5,12-13,22H,6-9H2,1H3,(H,24,30)(H,28,29)(H,32,33)(H4,21,23,25,26,31);/q;+2/p-1/t12?,13-;/m0./s1. The summed E-state index contributed by atoms with van der Waals surface area (Å²) in [5.41, 5.74) is 6.54. The van der Waals surface area contributed by atoms with Crippen molar-refractivity contribution < 1.29 is 24.6 Å². The number of hydrogen-bond acceptors (Lipinski definition) is 10. The number of nitrogens with one attached hydrogen (secondary N) is 4. The summed E-state index contributed by atoms with van der Waals surface area (Å²) in [4.78, 5) is 54.7. The number of carbonyl (C=O) groups is 3. The molecule has 1 amide bonds. The number of nitrogens with zero attached hydrogens (tertiary/aromatic N) is 2. The first-order valence-electron chi connectivity index (χ1n) is 10.1. The van der Waals surface area contributed by atoms with Crippen LogP contribution in [-0.4, -0.2) is 103 Å². The number of anilines is 4. The first-order valence-corrected chi connectivity index (χ1v) is 10.1. The molecule has 0 saturated heterocycles. The summed E-state index contributed by atoms with van der Waals surface area (Å²) in [5.74, 6) is -2.92. The number of benzene rings is 1. The number of carboxylic acid groups (broad SMARTS) is 2. The van der Waals surface area contributed by atoms with Gasteiger partial charge in [-0.15, -0.1) is 0 Å². The van der Waals surface area contributed by atoms with Crippen LogP contribution in [0.5, 0.6) is 0 Å². The molecule has 2 heterocycles. The molecule has 34 heavy (non-hydrogen) atoms. The minimum atomic E-state index is -1.55. The van der Waals surface area contributed by atoms with E-state index in [9.17, 15) is 24.3 Å². The Morgan fingerprint density at radius 2 is 2.00 bits per heavy atom. The third-order valence-electron chi connectivity index (χ3n) is 5.24. The number of carboxylic acids is 2. The van der Waals surface area contributed by atoms with Gasteiger partial charge in [-0.3, -0.25) is 19.4 Å². The average Bonchev–Trinajstić information content (AvgIpc) is 2.75. The molecular weight excluding hydrogens is 474 g/mol. The van der Waals surface area contributed by atoms with Gasteiger partial charge < -0.3 is 41.6 Å². The van der Waals surface area contributed by atoms with E-state index >= 15 is 0 Å². The zero-order valence-corrected chi connectivity index (χ0v) is 20.7. The van der Waals surface area contributed by atoms with Gasteiger partial charge in [-0.25, -0.2) is 0 Å². The quantitative estimate of drug-likeness (QED) is 0.209. The fourth-order valence-corrected chi connectivity index (χ4v) is 3.41. The number of carbonyl (C=O) groups excluding carboxylic acids is 2. The van der Waals surface area contributed by atoms with Crippen molar-refractivity contribution in [2.24, 2.45) is 0 Å². The number of aromatic amines is 1. The summed E-state index contributed by atoms with van der Waals surface area (Å²) >= 11 is 0. The zero-order chi connectivity index (χ0) is 24.1. The summed E-state index contributed by atoms with van der Waals surface area (Å²) < 4.78 is 0. The Hall–Kier alpha value is -3.03. The van der Waals surface area contributed by atoms with Gasteiger partial charge in [-0.2, -0.15) is 4.98 Å². The normalized spacial score (nSPS) is 15.2. The van der Waals surface area contributed by atoms with E-state index in [1.165, 1.54) is 12.1 Å². The topological polar surface area (TPSA) is 206 Å². The minimum absolute atomic E-state index is 0. The van der Waals surface area contributed by atoms with Crippen LogP contribution < -0.4 is 37.2 Å². The van der Waals surface area contributed by atoms with E-state index in [4.69, 9.17) is 10.8 Å². The summed E-state index contributed by atoms with van der Waals surface area (Å²) in [6.45, 7) is 0.994. The van der Waals surface area contributed by atoms with E-state index in [1.54, 1.807) is 19.2 Å². The second-order valence-corrected chi connectivity index (χ2v) is 7.53. The Balaban J connectivity index is 0.00000408. The van der Waals surface area contributed by atoms with Crippen LogP contribution in [0.4, 0.5) is 23.1 Å². The van der Waals surface area contributed by atoms with Crippen molar-refractivity contribution in [1.82, 2.24) is 15.3 Å². The van der Waals surface area contributed by atoms with E-state index in [-0.39, 0.29) is 67.3 Å². The van der Waals surface area contributed by atoms with Crippen LogP contribution in [0.25, 0.3) is 0 Å². The first kappa shape index (κ1) is 27.2. The molecule has 3 rings (SSSR count). The summed E-state index contributed by atoms with van der Waals surface area (Å²) in [6.07, 6.45) is -0.688. The van der Waals surface area contributed by atoms with Gasteiger partial charge in [0.1, 0.15) is 5.69 Å². The number of aromatic nitrogens is 2. The Morgan fingerprint density at radius 3 is 2.62 bits per heavy atom. The summed E-state index contributed by atoms with van der Waals surface area (Å²) in [6, 6.07) is 4.84. The Bertz CT molecular complexity index is 1110. The van der Waals surface area contributed by atoms with Crippen molar-refractivity contribution >= 4 is 78.7 Å². The van der Waals surface area contributed by atoms with Crippen molar-refractivity contribution in [3.8, 4) is 0 Å². The van der Waals surface area contributed by atoms with Gasteiger partial charge in [0.05, 0.1) is 18.1 Å². The van der Waals surface area contributed by atoms with E-state index in [1.807, 2.05) is 4.90 Å². The molecule has 1 aromatic carbocycles. The fraction of sp³-hybridized carbons (Fsp3) is 0.350. The van der Waals surface area contributed by atoms with Crippen LogP contribution in [0.2, 0.25) is 0 Å². The zero-order valence-electron chi connectivity index (χ0n) is 18.5. The third-order valence-corrected chi connectivity index (χ3v) is 5.24. The van der Waals surface area contributed by atoms with Gasteiger partial charge in [0.2, 0.25) is 5.95 Å². The Labute approximate surface area is 224 Å². The van der Waals surface area contributed by atoms with Gasteiger partial charge in [0.15, 0.2) is 5.82 Å². The van der Waals surface area contributed by atoms with E-state index < -0.39 is 30.3 Å². The molecule has 14 heteroatoms. The number of hydrogen-bond donors (Lipinski definition) is 6. The van der Waals surface area contributed by atoms with Crippen LogP contribution in [0.15, 0.2) is 29.1 Å². The number of amides is 1. The maximum atomic E-state index is 12.3. The molecule has 176 valence electrons. The maximum absolute atomic E-state index is 12.3. The SMILES string of the molecule is CN1c2c(nc(N)[nH]c2=O)NCC1CNc1ccc(C(=O)N[C@@H](CCC(=O)O)C(=O)[O-])cc1.[Ca+2]. The van der Waals surface area contributed by atoms with Gasteiger partial charge in [-0.1, -0.05) is 0 Å². The van der Waals surface area contributed by atoms with Crippen LogP contribution in [0.3, 0.4) is 0 Å². The molecule has 0 radical (unpaired) electrons. The summed E-state index contributed by atoms with van der Waals surface area (Å²) in [5, 5.41) is 28.4. The predicted molar refractivity (Wildman–Crippen MR) is 124 cm³/mol. The van der Waals surface area contributed by atoms with Crippen molar-refractivity contribution in [2.45, 2.75) is 24.9 Å². The fourth-order valence-electron chi connectivity index (χ4n) is 3.41. The molecule has 2 atom stereocenters. The number of rotatable bonds is 9. The summed E-state index contributed by atoms with van der Waals surface area (Å²) in [7, 11) is 1.78. The van der Waals surface area contributed by atoms with Crippen molar-refractivity contribution in [2.75, 3.05) is 41.4 Å². The van der Waals surface area contributed by atoms with Gasteiger partial charge in [0.25, 0.3) is 11.5 Å². The second-order valence-electron chi connectivity index (χ2n) is 7.53. The molecular formula is C20H24CaN7O6+. The molecule has 7 N–H and O–H groups in total. The molecule has 2 aromatic rings. The number of nitrogen functional groups attached to an aromatic ring is 1. The molecule has 1 aliphatic heterocycles. The van der Waals surface area contributed by atoms with Crippen LogP contribution in [0.1, 0.15) is 23.2 Å². The number of H-pyrrole nitrogens is 1. The van der Waals surface area contributed by atoms with Gasteiger partial charge in [0, 0.05) is 37.8 Å². The predicted octanol–water partition coefficient (Wildman–Crippen LogP) is -1.97. The molecule has 13 nitrogen and oxygen atoms in total. The van der Waals surface area contributed by atoms with Crippen molar-refractivity contribution in [3.05, 3.63) is 40.2 Å². The van der Waals surface area contributed by atoms with E-state index in [2.05, 4.69) is 25.9 Å². The molecule has 1 aromatic heterocycles. The Kier molecular flexibility index (Phi) is 9.53. The smallest absolute Gasteiger partial charge is 0.548 e. The number of fused-ring (bicyclic) bond motifs is 1. The second kappa shape index (κ2) is 11.9. The molecule has 0 fully saturated rings. The number of nitrogens with two attached hydrogens (primary N) is 1.